The van der Waals surface area contributed by atoms with E-state index in [1.165, 1.54) is 24.3 Å². The molecule has 37 heavy (non-hydrogen) atoms. The summed E-state index contributed by atoms with van der Waals surface area (Å²) in [5.41, 5.74) is 0.686. The van der Waals surface area contributed by atoms with Gasteiger partial charge in [0, 0.05) is 13.0 Å². The zero-order valence-electron chi connectivity index (χ0n) is 18.8. The van der Waals surface area contributed by atoms with Gasteiger partial charge in [0.2, 0.25) is 40.9 Å². The van der Waals surface area contributed by atoms with E-state index in [1.54, 1.807) is 36.4 Å². The molecule has 0 radical (unpaired) electrons. The van der Waals surface area contributed by atoms with E-state index in [9.17, 15) is 36.3 Å². The maximum atomic E-state index is 14.0. The van der Waals surface area contributed by atoms with Crippen molar-refractivity contribution >= 4 is 18.0 Å². The van der Waals surface area contributed by atoms with Gasteiger partial charge in [0.15, 0.2) is 0 Å². The third kappa shape index (κ3) is 7.03. The van der Waals surface area contributed by atoms with Gasteiger partial charge in [-0.2, -0.15) is 8.78 Å². The Balaban J connectivity index is 1.70. The molecule has 1 amide bonds. The van der Waals surface area contributed by atoms with Crippen molar-refractivity contribution in [3.8, 4) is 5.75 Å². The number of alkyl carbamates (subject to hydrolysis) is 1. The van der Waals surface area contributed by atoms with Gasteiger partial charge >= 0.3 is 18.0 Å². The van der Waals surface area contributed by atoms with Crippen LogP contribution in [-0.2, 0) is 20.9 Å². The number of halogens is 5. The summed E-state index contributed by atoms with van der Waals surface area (Å²) in [6, 6.07) is 15.9. The van der Waals surface area contributed by atoms with Crippen molar-refractivity contribution in [3.05, 3.63) is 101 Å². The Morgan fingerprint density at radius 2 is 1.30 bits per heavy atom. The Hall–Kier alpha value is -4.48. The van der Waals surface area contributed by atoms with Gasteiger partial charge in [-0.15, -0.1) is 0 Å². The van der Waals surface area contributed by atoms with E-state index in [0.29, 0.717) is 5.56 Å². The highest BCUT2D eigenvalue weighted by atomic mass is 19.2. The Morgan fingerprint density at radius 3 is 1.89 bits per heavy atom. The quantitative estimate of drug-likeness (QED) is 0.142. The molecular weight excluding hydrogens is 505 g/mol. The van der Waals surface area contributed by atoms with Crippen molar-refractivity contribution in [2.24, 2.45) is 0 Å². The maximum Gasteiger partial charge on any atom is 0.407 e. The molecule has 0 bridgehead atoms. The van der Waals surface area contributed by atoms with E-state index in [2.05, 4.69) is 10.1 Å². The van der Waals surface area contributed by atoms with Crippen LogP contribution in [-0.4, -0.2) is 30.7 Å². The van der Waals surface area contributed by atoms with E-state index in [4.69, 9.17) is 9.47 Å². The highest BCUT2D eigenvalue weighted by Gasteiger charge is 2.32. The lowest BCUT2D eigenvalue weighted by Gasteiger charge is -2.18. The molecule has 0 fully saturated rings. The lowest BCUT2D eigenvalue weighted by Crippen LogP contribution is -2.36. The predicted molar refractivity (Wildman–Crippen MR) is 117 cm³/mol. The monoisotopic (exact) mass is 523 g/mol. The Labute approximate surface area is 206 Å². The smallest absolute Gasteiger partial charge is 0.407 e. The number of rotatable bonds is 9. The summed E-state index contributed by atoms with van der Waals surface area (Å²) < 4.78 is 82.6. The van der Waals surface area contributed by atoms with Crippen molar-refractivity contribution in [3.63, 3.8) is 0 Å². The van der Waals surface area contributed by atoms with Crippen molar-refractivity contribution in [1.82, 2.24) is 5.32 Å². The second-order valence-electron chi connectivity index (χ2n) is 7.36. The highest BCUT2D eigenvalue weighted by molar-refractivity contribution is 5.91. The molecule has 0 spiro atoms. The van der Waals surface area contributed by atoms with E-state index < -0.39 is 65.4 Å². The van der Waals surface area contributed by atoms with Crippen LogP contribution in [0.5, 0.6) is 5.75 Å². The summed E-state index contributed by atoms with van der Waals surface area (Å²) >= 11 is 0. The van der Waals surface area contributed by atoms with Gasteiger partial charge in [0.05, 0.1) is 5.56 Å². The number of benzene rings is 3. The minimum absolute atomic E-state index is 0.00763. The molecule has 0 aliphatic carbocycles. The van der Waals surface area contributed by atoms with Crippen molar-refractivity contribution < 1.29 is 50.5 Å². The Morgan fingerprint density at radius 1 is 0.757 bits per heavy atom. The molecule has 194 valence electrons. The lowest BCUT2D eigenvalue weighted by molar-refractivity contribution is -0.145. The molecule has 1 N–H and O–H groups in total. The number of ether oxygens (including phenoxy) is 3. The molecule has 3 aromatic carbocycles. The minimum Gasteiger partial charge on any atom is -0.447 e. The van der Waals surface area contributed by atoms with E-state index in [1.807, 2.05) is 0 Å². The van der Waals surface area contributed by atoms with Crippen molar-refractivity contribution in [1.29, 1.82) is 0 Å². The molecular formula is C25H18F5NO6. The van der Waals surface area contributed by atoms with Gasteiger partial charge in [-0.25, -0.2) is 27.6 Å². The largest absolute Gasteiger partial charge is 0.447 e. The maximum absolute atomic E-state index is 14.0. The summed E-state index contributed by atoms with van der Waals surface area (Å²) in [6.45, 7) is -0.423. The van der Waals surface area contributed by atoms with Crippen LogP contribution in [0.3, 0.4) is 0 Å². The first kappa shape index (κ1) is 27.1. The van der Waals surface area contributed by atoms with Crippen LogP contribution in [0.1, 0.15) is 22.3 Å². The molecule has 1 atom stereocenters. The zero-order valence-corrected chi connectivity index (χ0v) is 18.8. The fourth-order valence-corrected chi connectivity index (χ4v) is 2.92. The molecule has 1 unspecified atom stereocenters. The highest BCUT2D eigenvalue weighted by Crippen LogP contribution is 2.29. The molecule has 3 rings (SSSR count). The molecule has 12 heteroatoms. The van der Waals surface area contributed by atoms with Crippen LogP contribution in [0, 0.1) is 29.1 Å². The minimum atomic E-state index is -2.44. The van der Waals surface area contributed by atoms with Gasteiger partial charge < -0.3 is 19.5 Å². The van der Waals surface area contributed by atoms with Gasteiger partial charge in [0.1, 0.15) is 6.61 Å². The number of carbonyl (C=O) groups is 3. The Bertz CT molecular complexity index is 1240. The molecule has 7 nitrogen and oxygen atoms in total. The number of nitrogens with one attached hydrogen (secondary N) is 1. The predicted octanol–water partition coefficient (Wildman–Crippen LogP) is 4.83. The van der Waals surface area contributed by atoms with Crippen molar-refractivity contribution in [2.75, 3.05) is 6.54 Å². The topological polar surface area (TPSA) is 90.9 Å². The standard InChI is InChI=1S/C25H18F5NO6/c26-17-18(27)20(29)22(21(30)19(17)28)37-24(33)16(36-23(32)15-9-5-2-6-10-15)11-12-31-25(34)35-13-14-7-3-1-4-8-14/h1-10,16H,11-13H2,(H,31,34). The summed E-state index contributed by atoms with van der Waals surface area (Å²) in [6.07, 6.45) is -3.30. The molecule has 0 saturated heterocycles. The number of hydrogen-bond acceptors (Lipinski definition) is 6. The average Bonchev–Trinajstić information content (AvgIpc) is 2.92. The first-order valence-corrected chi connectivity index (χ1v) is 10.6. The molecule has 0 saturated carbocycles. The van der Waals surface area contributed by atoms with Crippen LogP contribution in [0.25, 0.3) is 0 Å². The van der Waals surface area contributed by atoms with E-state index in [0.717, 1.165) is 0 Å². The number of amides is 1. The molecule has 0 aromatic heterocycles. The molecule has 0 aliphatic heterocycles. The summed E-state index contributed by atoms with van der Waals surface area (Å²) in [4.78, 5) is 36.9. The van der Waals surface area contributed by atoms with Gasteiger partial charge in [-0.1, -0.05) is 48.5 Å². The SMILES string of the molecule is O=C(NCCC(OC(=O)c1ccccc1)C(=O)Oc1c(F)c(F)c(F)c(F)c1F)OCc1ccccc1. The zero-order chi connectivity index (χ0) is 26.9. The first-order chi connectivity index (χ1) is 17.7. The van der Waals surface area contributed by atoms with E-state index >= 15 is 0 Å². The first-order valence-electron chi connectivity index (χ1n) is 10.6. The van der Waals surface area contributed by atoms with Crippen molar-refractivity contribution in [2.45, 2.75) is 19.1 Å². The molecule has 0 heterocycles. The van der Waals surface area contributed by atoms with Gasteiger partial charge in [-0.05, 0) is 17.7 Å². The van der Waals surface area contributed by atoms with Crippen LogP contribution in [0.4, 0.5) is 26.7 Å². The lowest BCUT2D eigenvalue weighted by atomic mass is 10.2. The summed E-state index contributed by atoms with van der Waals surface area (Å²) in [5, 5.41) is 2.29. The fourth-order valence-electron chi connectivity index (χ4n) is 2.92. The van der Waals surface area contributed by atoms with Crippen LogP contribution < -0.4 is 10.1 Å². The van der Waals surface area contributed by atoms with Crippen LogP contribution in [0.2, 0.25) is 0 Å². The normalized spacial score (nSPS) is 11.4. The second-order valence-corrected chi connectivity index (χ2v) is 7.36. The van der Waals surface area contributed by atoms with Crippen LogP contribution >= 0.6 is 0 Å². The van der Waals surface area contributed by atoms with Gasteiger partial charge in [0.25, 0.3) is 0 Å². The van der Waals surface area contributed by atoms with E-state index in [-0.39, 0.29) is 18.7 Å². The summed E-state index contributed by atoms with van der Waals surface area (Å²) in [7, 11) is 0. The average molecular weight is 523 g/mol. The summed E-state index contributed by atoms with van der Waals surface area (Å²) in [5.74, 6) is -16.4. The Kier molecular flexibility index (Phi) is 9.14. The molecule has 3 aromatic rings. The van der Waals surface area contributed by atoms with Gasteiger partial charge in [-0.3, -0.25) is 0 Å². The fraction of sp³-hybridized carbons (Fsp3) is 0.160. The third-order valence-electron chi connectivity index (χ3n) is 4.78. The number of hydrogen-bond donors (Lipinski definition) is 1. The second kappa shape index (κ2) is 12.5. The number of esters is 2. The molecule has 0 aliphatic rings. The third-order valence-corrected chi connectivity index (χ3v) is 4.78. The van der Waals surface area contributed by atoms with Crippen LogP contribution in [0.15, 0.2) is 60.7 Å². The number of carbonyl (C=O) groups excluding carboxylic acids is 3.